The molecule has 150 valence electrons. The summed E-state index contributed by atoms with van der Waals surface area (Å²) >= 11 is 0. The minimum absolute atomic E-state index is 0.222. The second-order valence-electron chi connectivity index (χ2n) is 7.04. The van der Waals surface area contributed by atoms with Crippen molar-refractivity contribution in [2.24, 2.45) is 5.92 Å². The number of epoxide rings is 1. The summed E-state index contributed by atoms with van der Waals surface area (Å²) in [5.74, 6) is -0.689. The van der Waals surface area contributed by atoms with Gasteiger partial charge in [-0.3, -0.25) is 0 Å². The molecule has 0 radical (unpaired) electrons. The quantitative estimate of drug-likeness (QED) is 0.190. The van der Waals surface area contributed by atoms with Gasteiger partial charge in [0.2, 0.25) is 0 Å². The highest BCUT2D eigenvalue weighted by molar-refractivity contribution is 4.89. The molecular weight excluding hydrogens is 316 g/mol. The van der Waals surface area contributed by atoms with Crippen molar-refractivity contribution in [2.45, 2.75) is 111 Å². The van der Waals surface area contributed by atoms with Crippen molar-refractivity contribution in [3.63, 3.8) is 0 Å². The van der Waals surface area contributed by atoms with Crippen LogP contribution >= 0.6 is 0 Å². The number of ether oxygens (including phenoxy) is 4. The highest BCUT2D eigenvalue weighted by Crippen LogP contribution is 2.40. The summed E-state index contributed by atoms with van der Waals surface area (Å²) in [5.41, 5.74) is 0. The van der Waals surface area contributed by atoms with Gasteiger partial charge in [-0.05, 0) is 40.0 Å². The van der Waals surface area contributed by atoms with Gasteiger partial charge in [0.05, 0.1) is 12.2 Å². The van der Waals surface area contributed by atoms with Crippen molar-refractivity contribution in [2.75, 3.05) is 19.8 Å². The summed E-state index contributed by atoms with van der Waals surface area (Å²) in [6, 6.07) is 0. The van der Waals surface area contributed by atoms with Gasteiger partial charge in [-0.2, -0.15) is 0 Å². The van der Waals surface area contributed by atoms with E-state index in [-0.39, 0.29) is 5.92 Å². The summed E-state index contributed by atoms with van der Waals surface area (Å²) in [6.45, 7) is 12.3. The van der Waals surface area contributed by atoms with Gasteiger partial charge in [-0.25, -0.2) is 0 Å². The Morgan fingerprint density at radius 2 is 1.32 bits per heavy atom. The van der Waals surface area contributed by atoms with Crippen LogP contribution in [0.3, 0.4) is 0 Å². The van der Waals surface area contributed by atoms with Crippen LogP contribution in [0.15, 0.2) is 0 Å². The lowest BCUT2D eigenvalue weighted by Crippen LogP contribution is -2.47. The lowest BCUT2D eigenvalue weighted by molar-refractivity contribution is -0.403. The van der Waals surface area contributed by atoms with Crippen molar-refractivity contribution < 1.29 is 18.9 Å². The van der Waals surface area contributed by atoms with Crippen molar-refractivity contribution >= 4 is 0 Å². The Kier molecular flexibility index (Phi) is 12.0. The van der Waals surface area contributed by atoms with E-state index in [1.807, 2.05) is 20.8 Å². The minimum Gasteiger partial charge on any atom is -0.370 e. The molecule has 4 heteroatoms. The van der Waals surface area contributed by atoms with E-state index >= 15 is 0 Å². The molecule has 3 atom stereocenters. The minimum atomic E-state index is -0.911. The van der Waals surface area contributed by atoms with Crippen LogP contribution in [-0.4, -0.2) is 38.0 Å². The van der Waals surface area contributed by atoms with Gasteiger partial charge in [-0.1, -0.05) is 52.4 Å². The Morgan fingerprint density at radius 3 is 1.84 bits per heavy atom. The Balaban J connectivity index is 2.71. The Hall–Kier alpha value is -0.160. The topological polar surface area (TPSA) is 40.2 Å². The van der Waals surface area contributed by atoms with Crippen LogP contribution in [0.25, 0.3) is 0 Å². The molecule has 3 unspecified atom stereocenters. The molecule has 0 spiro atoms. The molecule has 1 aliphatic heterocycles. The number of rotatable bonds is 17. The molecule has 0 aromatic heterocycles. The van der Waals surface area contributed by atoms with Gasteiger partial charge in [0.25, 0.3) is 5.97 Å². The SMILES string of the molecule is CCCCCC1OC1CC(CCCCC)C(OCC)(OCC)OCC. The highest BCUT2D eigenvalue weighted by Gasteiger charge is 2.48. The van der Waals surface area contributed by atoms with Crippen LogP contribution in [0.5, 0.6) is 0 Å². The van der Waals surface area contributed by atoms with E-state index in [1.54, 1.807) is 0 Å². The molecule has 0 amide bonds. The standard InChI is InChI=1S/C21H42O4/c1-6-11-13-15-18(17-20-19(25-20)16-14-12-7-2)21(22-8-3,23-9-4)24-10-5/h18-20H,6-17H2,1-5H3. The molecule has 1 rings (SSSR count). The van der Waals surface area contributed by atoms with Crippen molar-refractivity contribution in [3.05, 3.63) is 0 Å². The van der Waals surface area contributed by atoms with E-state index in [9.17, 15) is 0 Å². The molecule has 0 aliphatic carbocycles. The smallest absolute Gasteiger partial charge is 0.285 e. The highest BCUT2D eigenvalue weighted by atomic mass is 16.9. The normalized spacial score (nSPS) is 21.5. The summed E-state index contributed by atoms with van der Waals surface area (Å²) in [6.07, 6.45) is 11.5. The number of hydrogen-bond donors (Lipinski definition) is 0. The first kappa shape index (κ1) is 22.9. The van der Waals surface area contributed by atoms with Crippen LogP contribution in [0.4, 0.5) is 0 Å². The van der Waals surface area contributed by atoms with Crippen LogP contribution in [0.1, 0.15) is 92.4 Å². The van der Waals surface area contributed by atoms with E-state index in [4.69, 9.17) is 18.9 Å². The number of hydrogen-bond acceptors (Lipinski definition) is 4. The fraction of sp³-hybridized carbons (Fsp3) is 1.00. The average molecular weight is 359 g/mol. The maximum atomic E-state index is 6.07. The monoisotopic (exact) mass is 358 g/mol. The molecule has 0 aromatic rings. The van der Waals surface area contributed by atoms with Gasteiger partial charge in [0.1, 0.15) is 0 Å². The molecule has 1 aliphatic rings. The van der Waals surface area contributed by atoms with E-state index in [1.165, 1.54) is 44.9 Å². The molecular formula is C21H42O4. The van der Waals surface area contributed by atoms with Crippen LogP contribution in [0, 0.1) is 5.92 Å². The zero-order valence-corrected chi connectivity index (χ0v) is 17.4. The molecule has 1 fully saturated rings. The molecule has 0 saturated carbocycles. The predicted octanol–water partition coefficient (Wildman–Crippen LogP) is 5.68. The molecule has 1 saturated heterocycles. The summed E-state index contributed by atoms with van der Waals surface area (Å²) in [4.78, 5) is 0. The fourth-order valence-corrected chi connectivity index (χ4v) is 3.68. The number of unbranched alkanes of at least 4 members (excludes halogenated alkanes) is 4. The predicted molar refractivity (Wildman–Crippen MR) is 103 cm³/mol. The van der Waals surface area contributed by atoms with E-state index in [0.29, 0.717) is 32.0 Å². The van der Waals surface area contributed by atoms with Crippen LogP contribution in [-0.2, 0) is 18.9 Å². The second-order valence-corrected chi connectivity index (χ2v) is 7.04. The third kappa shape index (κ3) is 7.94. The Morgan fingerprint density at radius 1 is 0.760 bits per heavy atom. The van der Waals surface area contributed by atoms with Crippen molar-refractivity contribution in [3.8, 4) is 0 Å². The molecule has 4 nitrogen and oxygen atoms in total. The maximum Gasteiger partial charge on any atom is 0.285 e. The second kappa shape index (κ2) is 13.1. The molecule has 1 heterocycles. The Labute approximate surface area is 155 Å². The average Bonchev–Trinajstić information content (AvgIpc) is 3.33. The van der Waals surface area contributed by atoms with E-state index < -0.39 is 5.97 Å². The largest absolute Gasteiger partial charge is 0.370 e. The third-order valence-corrected chi connectivity index (χ3v) is 4.99. The maximum absolute atomic E-state index is 6.07. The first-order chi connectivity index (χ1) is 12.2. The van der Waals surface area contributed by atoms with Crippen LogP contribution in [0.2, 0.25) is 0 Å². The first-order valence-corrected chi connectivity index (χ1v) is 10.7. The van der Waals surface area contributed by atoms with Gasteiger partial charge in [-0.15, -0.1) is 0 Å². The van der Waals surface area contributed by atoms with Crippen molar-refractivity contribution in [1.82, 2.24) is 0 Å². The van der Waals surface area contributed by atoms with Gasteiger partial charge in [0.15, 0.2) is 0 Å². The summed E-state index contributed by atoms with van der Waals surface area (Å²) in [7, 11) is 0. The first-order valence-electron chi connectivity index (χ1n) is 10.7. The molecule has 0 bridgehead atoms. The fourth-order valence-electron chi connectivity index (χ4n) is 3.68. The van der Waals surface area contributed by atoms with Crippen molar-refractivity contribution in [1.29, 1.82) is 0 Å². The van der Waals surface area contributed by atoms with E-state index in [0.717, 1.165) is 12.8 Å². The van der Waals surface area contributed by atoms with Gasteiger partial charge in [0, 0.05) is 25.7 Å². The molecule has 0 N–H and O–H groups in total. The lowest BCUT2D eigenvalue weighted by atomic mass is 9.91. The Bertz CT molecular complexity index is 304. The van der Waals surface area contributed by atoms with E-state index in [2.05, 4.69) is 13.8 Å². The van der Waals surface area contributed by atoms with Gasteiger partial charge < -0.3 is 18.9 Å². The summed E-state index contributed by atoms with van der Waals surface area (Å²) < 4.78 is 24.2. The molecule has 25 heavy (non-hydrogen) atoms. The zero-order chi connectivity index (χ0) is 18.5. The summed E-state index contributed by atoms with van der Waals surface area (Å²) in [5, 5.41) is 0. The lowest BCUT2D eigenvalue weighted by Gasteiger charge is -2.39. The zero-order valence-electron chi connectivity index (χ0n) is 17.4. The van der Waals surface area contributed by atoms with Gasteiger partial charge >= 0.3 is 0 Å². The third-order valence-electron chi connectivity index (χ3n) is 4.99. The van der Waals surface area contributed by atoms with Crippen LogP contribution < -0.4 is 0 Å². The molecule has 0 aromatic carbocycles.